The van der Waals surface area contributed by atoms with Crippen LogP contribution in [0.1, 0.15) is 0 Å². The van der Waals surface area contributed by atoms with Crippen LogP contribution in [0.5, 0.6) is 0 Å². The summed E-state index contributed by atoms with van der Waals surface area (Å²) < 4.78 is 7.51. The van der Waals surface area contributed by atoms with E-state index in [4.69, 9.17) is 19.4 Å². The van der Waals surface area contributed by atoms with E-state index in [0.717, 1.165) is 66.1 Å². The second kappa shape index (κ2) is 9.26. The molecule has 0 unspecified atom stereocenters. The third-order valence-electron chi connectivity index (χ3n) is 7.14. The van der Waals surface area contributed by atoms with Crippen molar-refractivity contribution < 1.29 is 4.42 Å². The molecule has 5 aromatic carbocycles. The molecule has 0 fully saturated rings. The molecule has 0 aliphatic rings. The highest BCUT2D eigenvalue weighted by Crippen LogP contribution is 2.40. The average Bonchev–Trinajstić information content (AvgIpc) is 3.63. The van der Waals surface area contributed by atoms with Crippen LogP contribution in [-0.2, 0) is 0 Å². The molecular weight excluding hydrogens is 510 g/mol. The summed E-state index contributed by atoms with van der Waals surface area (Å²) in [5.41, 5.74) is 8.52. The minimum atomic E-state index is 0.692. The number of fused-ring (bicyclic) bond motifs is 4. The Hall–Kier alpha value is -5.13. The number of benzene rings is 5. The fraction of sp³-hybridized carbons (Fsp3) is 0. The largest absolute Gasteiger partial charge is 0.456 e. The van der Waals surface area contributed by atoms with E-state index in [0.29, 0.717) is 5.82 Å². The van der Waals surface area contributed by atoms with Crippen molar-refractivity contribution in [3.63, 3.8) is 0 Å². The zero-order valence-corrected chi connectivity index (χ0v) is 22.1. The van der Waals surface area contributed by atoms with Gasteiger partial charge in [-0.3, -0.25) is 0 Å². The Kier molecular flexibility index (Phi) is 5.28. The molecule has 0 bridgehead atoms. The summed E-state index contributed by atoms with van der Waals surface area (Å²) in [6, 6.07) is 43.2. The molecule has 4 nitrogen and oxygen atoms in total. The molecule has 0 saturated carbocycles. The van der Waals surface area contributed by atoms with Crippen molar-refractivity contribution >= 4 is 43.5 Å². The third-order valence-corrected chi connectivity index (χ3v) is 8.22. The predicted octanol–water partition coefficient (Wildman–Crippen LogP) is 9.65. The van der Waals surface area contributed by atoms with Gasteiger partial charge in [0.25, 0.3) is 0 Å². The summed E-state index contributed by atoms with van der Waals surface area (Å²) in [5.74, 6) is 0.692. The Balaban J connectivity index is 1.36. The van der Waals surface area contributed by atoms with E-state index in [9.17, 15) is 0 Å². The molecule has 0 aliphatic heterocycles. The summed E-state index contributed by atoms with van der Waals surface area (Å²) in [4.78, 5) is 14.9. The van der Waals surface area contributed by atoms with Crippen LogP contribution in [0.2, 0.25) is 0 Å². The Labute approximate surface area is 234 Å². The smallest absolute Gasteiger partial charge is 0.160 e. The lowest BCUT2D eigenvalue weighted by atomic mass is 10.0. The van der Waals surface area contributed by atoms with Crippen molar-refractivity contribution in [3.05, 3.63) is 127 Å². The first-order chi connectivity index (χ1) is 19.8. The number of rotatable bonds is 4. The van der Waals surface area contributed by atoms with Crippen molar-refractivity contribution in [2.24, 2.45) is 0 Å². The lowest BCUT2D eigenvalue weighted by Crippen LogP contribution is -1.96. The quantitative estimate of drug-likeness (QED) is 0.227. The molecule has 0 saturated heterocycles. The Morgan fingerprint density at radius 3 is 2.10 bits per heavy atom. The van der Waals surface area contributed by atoms with Crippen LogP contribution >= 0.6 is 11.3 Å². The van der Waals surface area contributed by atoms with E-state index in [1.54, 1.807) is 11.3 Å². The highest BCUT2D eigenvalue weighted by Gasteiger charge is 2.17. The highest BCUT2D eigenvalue weighted by molar-refractivity contribution is 7.21. The van der Waals surface area contributed by atoms with Crippen LogP contribution in [0.15, 0.2) is 132 Å². The summed E-state index contributed by atoms with van der Waals surface area (Å²) in [5, 5.41) is 3.08. The zero-order valence-electron chi connectivity index (χ0n) is 21.3. The molecule has 0 radical (unpaired) electrons. The van der Waals surface area contributed by atoms with Crippen LogP contribution in [0.4, 0.5) is 0 Å². The van der Waals surface area contributed by atoms with E-state index >= 15 is 0 Å². The van der Waals surface area contributed by atoms with Gasteiger partial charge in [0.2, 0.25) is 0 Å². The molecule has 0 N–H and O–H groups in total. The molecule has 0 amide bonds. The highest BCUT2D eigenvalue weighted by atomic mass is 32.1. The van der Waals surface area contributed by atoms with Gasteiger partial charge in [0.05, 0.1) is 21.6 Å². The van der Waals surface area contributed by atoms with E-state index < -0.39 is 0 Å². The molecule has 5 heteroatoms. The van der Waals surface area contributed by atoms with Crippen LogP contribution in [0, 0.1) is 0 Å². The van der Waals surface area contributed by atoms with Crippen molar-refractivity contribution in [2.75, 3.05) is 0 Å². The van der Waals surface area contributed by atoms with E-state index in [1.807, 2.05) is 72.8 Å². The Morgan fingerprint density at radius 2 is 1.27 bits per heavy atom. The lowest BCUT2D eigenvalue weighted by molar-refractivity contribution is 0.669. The van der Waals surface area contributed by atoms with E-state index in [2.05, 4.69) is 54.6 Å². The van der Waals surface area contributed by atoms with Gasteiger partial charge in [-0.1, -0.05) is 84.9 Å². The molecular formula is C35H21N3OS. The van der Waals surface area contributed by atoms with E-state index in [1.165, 1.54) is 4.70 Å². The SMILES string of the molecule is c1ccc(-c2cc(-c3cccc4oc5ccc(-c6nc7ccccc7s6)cc5c34)nc(-c3ccccc3)n2)cc1. The van der Waals surface area contributed by atoms with Crippen molar-refractivity contribution in [1.29, 1.82) is 0 Å². The summed E-state index contributed by atoms with van der Waals surface area (Å²) in [7, 11) is 0. The second-order valence-electron chi connectivity index (χ2n) is 9.67. The van der Waals surface area contributed by atoms with Gasteiger partial charge in [0.1, 0.15) is 16.2 Å². The first kappa shape index (κ1) is 22.8. The summed E-state index contributed by atoms with van der Waals surface area (Å²) >= 11 is 1.70. The first-order valence-electron chi connectivity index (χ1n) is 13.1. The Morgan fingerprint density at radius 1 is 0.525 bits per heavy atom. The zero-order chi connectivity index (χ0) is 26.5. The normalized spacial score (nSPS) is 11.5. The first-order valence-corrected chi connectivity index (χ1v) is 13.9. The number of hydrogen-bond donors (Lipinski definition) is 0. The minimum absolute atomic E-state index is 0.692. The Bertz CT molecular complexity index is 2070. The van der Waals surface area contributed by atoms with Gasteiger partial charge in [0.15, 0.2) is 5.82 Å². The molecule has 3 heterocycles. The maximum Gasteiger partial charge on any atom is 0.160 e. The number of furan rings is 1. The standard InChI is InChI=1S/C35H21N3OS/c1-3-10-22(11-4-1)28-21-29(37-34(36-28)23-12-5-2-6-13-23)25-14-9-16-31-33(25)26-20-24(18-19-30(26)39-31)35-38-27-15-7-8-17-32(27)40-35/h1-21H. The third kappa shape index (κ3) is 3.87. The number of para-hydroxylation sites is 1. The fourth-order valence-corrected chi connectivity index (χ4v) is 6.19. The molecule has 8 aromatic rings. The van der Waals surface area contributed by atoms with Gasteiger partial charge >= 0.3 is 0 Å². The van der Waals surface area contributed by atoms with Gasteiger partial charge < -0.3 is 4.42 Å². The lowest BCUT2D eigenvalue weighted by Gasteiger charge is -2.10. The number of aromatic nitrogens is 3. The molecule has 0 aliphatic carbocycles. The fourth-order valence-electron chi connectivity index (χ4n) is 5.23. The van der Waals surface area contributed by atoms with Crippen molar-refractivity contribution in [2.45, 2.75) is 0 Å². The van der Waals surface area contributed by atoms with Gasteiger partial charge in [-0.2, -0.15) is 0 Å². The monoisotopic (exact) mass is 531 g/mol. The number of nitrogens with zero attached hydrogens (tertiary/aromatic N) is 3. The molecule has 0 spiro atoms. The predicted molar refractivity (Wildman–Crippen MR) is 164 cm³/mol. The van der Waals surface area contributed by atoms with Crippen LogP contribution < -0.4 is 0 Å². The van der Waals surface area contributed by atoms with Gasteiger partial charge in [-0.25, -0.2) is 15.0 Å². The number of thiazole rings is 1. The van der Waals surface area contributed by atoms with Crippen LogP contribution in [0.25, 0.3) is 76.6 Å². The topological polar surface area (TPSA) is 51.8 Å². The molecule has 3 aromatic heterocycles. The average molecular weight is 532 g/mol. The number of hydrogen-bond acceptors (Lipinski definition) is 5. The van der Waals surface area contributed by atoms with Crippen molar-refractivity contribution in [1.82, 2.24) is 15.0 Å². The molecule has 8 rings (SSSR count). The van der Waals surface area contributed by atoms with Crippen molar-refractivity contribution in [3.8, 4) is 44.5 Å². The molecule has 0 atom stereocenters. The van der Waals surface area contributed by atoms with Crippen LogP contribution in [0.3, 0.4) is 0 Å². The van der Waals surface area contributed by atoms with Gasteiger partial charge in [-0.05, 0) is 42.5 Å². The summed E-state index contributed by atoms with van der Waals surface area (Å²) in [6.45, 7) is 0. The maximum atomic E-state index is 6.33. The van der Waals surface area contributed by atoms with E-state index in [-0.39, 0.29) is 0 Å². The van der Waals surface area contributed by atoms with Gasteiger partial charge in [-0.15, -0.1) is 11.3 Å². The van der Waals surface area contributed by atoms with Gasteiger partial charge in [0, 0.05) is 33.0 Å². The minimum Gasteiger partial charge on any atom is -0.456 e. The maximum absolute atomic E-state index is 6.33. The van der Waals surface area contributed by atoms with Crippen LogP contribution in [-0.4, -0.2) is 15.0 Å². The molecule has 40 heavy (non-hydrogen) atoms. The second-order valence-corrected chi connectivity index (χ2v) is 10.7. The summed E-state index contributed by atoms with van der Waals surface area (Å²) in [6.07, 6.45) is 0. The molecule has 188 valence electrons.